The maximum absolute atomic E-state index is 9.25. The van der Waals surface area contributed by atoms with Gasteiger partial charge in [-0.3, -0.25) is 0 Å². The number of nitrogens with two attached hydrogens (primary N) is 1. The molecule has 5 nitrogen and oxygen atoms in total. The minimum Gasteiger partial charge on any atom is -0.508 e. The zero-order chi connectivity index (χ0) is 15.4. The highest BCUT2D eigenvalue weighted by Gasteiger charge is 2.28. The lowest BCUT2D eigenvalue weighted by molar-refractivity contribution is 0.345. The Hall–Kier alpha value is -1.56. The van der Waals surface area contributed by atoms with Crippen LogP contribution >= 0.6 is 24.8 Å². The normalized spacial score (nSPS) is 18.7. The van der Waals surface area contributed by atoms with E-state index in [-0.39, 0.29) is 24.8 Å². The summed E-state index contributed by atoms with van der Waals surface area (Å²) in [7, 11) is 0. The van der Waals surface area contributed by atoms with Gasteiger partial charge in [0.25, 0.3) is 0 Å². The molecular formula is C17H24Cl2N4O. The van der Waals surface area contributed by atoms with E-state index in [4.69, 9.17) is 5.73 Å². The van der Waals surface area contributed by atoms with Crippen LogP contribution in [0.3, 0.4) is 0 Å². The average molecular weight is 371 g/mol. The molecule has 1 aromatic heterocycles. The summed E-state index contributed by atoms with van der Waals surface area (Å²) in [6, 6.07) is 9.74. The zero-order valence-corrected chi connectivity index (χ0v) is 15.0. The molecule has 0 atom stereocenters. The minimum absolute atomic E-state index is 0. The van der Waals surface area contributed by atoms with Crippen LogP contribution in [0.5, 0.6) is 5.75 Å². The van der Waals surface area contributed by atoms with Crippen molar-refractivity contribution >= 4 is 30.6 Å². The Morgan fingerprint density at radius 1 is 1.12 bits per heavy atom. The number of aromatic nitrogens is 2. The summed E-state index contributed by atoms with van der Waals surface area (Å²) in [6.07, 6.45) is 5.66. The first-order valence-corrected chi connectivity index (χ1v) is 7.80. The first-order chi connectivity index (χ1) is 10.7. The molecule has 0 bridgehead atoms. The van der Waals surface area contributed by atoms with Crippen LogP contribution in [0.2, 0.25) is 0 Å². The Morgan fingerprint density at radius 3 is 2.50 bits per heavy atom. The predicted molar refractivity (Wildman–Crippen MR) is 101 cm³/mol. The minimum atomic E-state index is 0. The monoisotopic (exact) mass is 370 g/mol. The molecule has 2 aromatic rings. The number of hydrogen-bond acceptors (Lipinski definition) is 5. The number of benzene rings is 1. The van der Waals surface area contributed by atoms with Crippen LogP contribution in [0.1, 0.15) is 36.4 Å². The van der Waals surface area contributed by atoms with E-state index >= 15 is 0 Å². The maximum Gasteiger partial charge on any atom is 0.129 e. The fourth-order valence-corrected chi connectivity index (χ4v) is 2.77. The van der Waals surface area contributed by atoms with Gasteiger partial charge in [-0.1, -0.05) is 12.1 Å². The van der Waals surface area contributed by atoms with Crippen molar-refractivity contribution in [3.8, 4) is 5.75 Å². The fraction of sp³-hybridized carbons (Fsp3) is 0.412. The van der Waals surface area contributed by atoms with E-state index in [1.807, 2.05) is 18.2 Å². The van der Waals surface area contributed by atoms with Crippen molar-refractivity contribution in [3.63, 3.8) is 0 Å². The van der Waals surface area contributed by atoms with Crippen molar-refractivity contribution in [2.45, 2.75) is 37.6 Å². The third-order valence-corrected chi connectivity index (χ3v) is 4.17. The molecule has 1 aromatic carbocycles. The lowest BCUT2D eigenvalue weighted by Crippen LogP contribution is -2.35. The molecule has 7 heteroatoms. The van der Waals surface area contributed by atoms with E-state index in [1.54, 1.807) is 18.5 Å². The average Bonchev–Trinajstić information content (AvgIpc) is 2.50. The fourth-order valence-electron chi connectivity index (χ4n) is 2.77. The van der Waals surface area contributed by atoms with Gasteiger partial charge in [-0.15, -0.1) is 24.8 Å². The summed E-state index contributed by atoms with van der Waals surface area (Å²) in [4.78, 5) is 8.62. The van der Waals surface area contributed by atoms with Crippen LogP contribution in [-0.2, 0) is 6.42 Å². The van der Waals surface area contributed by atoms with E-state index in [0.717, 1.165) is 43.7 Å². The summed E-state index contributed by atoms with van der Waals surface area (Å²) in [5.41, 5.74) is 8.16. The summed E-state index contributed by atoms with van der Waals surface area (Å²) >= 11 is 0. The number of phenols is 1. The van der Waals surface area contributed by atoms with E-state index in [0.29, 0.717) is 17.7 Å². The number of aromatic hydroxyl groups is 1. The van der Waals surface area contributed by atoms with Crippen LogP contribution in [0.4, 0.5) is 5.82 Å². The summed E-state index contributed by atoms with van der Waals surface area (Å²) < 4.78 is 0. The number of anilines is 1. The zero-order valence-electron chi connectivity index (χ0n) is 13.4. The third kappa shape index (κ3) is 5.51. The molecule has 0 amide bonds. The molecule has 0 saturated heterocycles. The second kappa shape index (κ2) is 9.67. The van der Waals surface area contributed by atoms with E-state index in [1.165, 1.54) is 5.56 Å². The number of phenolic OH excluding ortho intramolecular Hbond substituents is 1. The first-order valence-electron chi connectivity index (χ1n) is 7.80. The Labute approximate surface area is 154 Å². The largest absolute Gasteiger partial charge is 0.508 e. The van der Waals surface area contributed by atoms with Gasteiger partial charge in [0.2, 0.25) is 0 Å². The first kappa shape index (κ1) is 20.5. The van der Waals surface area contributed by atoms with Crippen molar-refractivity contribution in [2.75, 3.05) is 11.9 Å². The van der Waals surface area contributed by atoms with Crippen LogP contribution in [0, 0.1) is 0 Å². The van der Waals surface area contributed by atoms with Crippen LogP contribution in [0.15, 0.2) is 36.7 Å². The number of nitrogens with one attached hydrogen (secondary N) is 1. The van der Waals surface area contributed by atoms with Gasteiger partial charge in [0, 0.05) is 30.3 Å². The maximum atomic E-state index is 9.25. The highest BCUT2D eigenvalue weighted by atomic mass is 35.5. The lowest BCUT2D eigenvalue weighted by atomic mass is 9.79. The third-order valence-electron chi connectivity index (χ3n) is 4.17. The molecule has 1 heterocycles. The van der Waals surface area contributed by atoms with Gasteiger partial charge in [0.1, 0.15) is 17.9 Å². The van der Waals surface area contributed by atoms with Crippen molar-refractivity contribution in [1.29, 1.82) is 0 Å². The Balaban J connectivity index is 0.00000144. The molecule has 1 fully saturated rings. The van der Waals surface area contributed by atoms with Crippen molar-refractivity contribution in [3.05, 3.63) is 47.9 Å². The molecule has 4 N–H and O–H groups in total. The summed E-state index contributed by atoms with van der Waals surface area (Å²) in [5.74, 6) is 1.69. The SMILES string of the molecule is Cl.Cl.NC1CC(c2cc(NCCCc3ccc(O)cc3)ncn2)C1. The molecule has 132 valence electrons. The lowest BCUT2D eigenvalue weighted by Gasteiger charge is -2.31. The quantitative estimate of drug-likeness (QED) is 0.679. The molecule has 24 heavy (non-hydrogen) atoms. The smallest absolute Gasteiger partial charge is 0.129 e. The molecule has 0 aliphatic heterocycles. The van der Waals surface area contributed by atoms with Gasteiger partial charge in [0.15, 0.2) is 0 Å². The molecule has 0 radical (unpaired) electrons. The van der Waals surface area contributed by atoms with Gasteiger partial charge in [-0.2, -0.15) is 0 Å². The van der Waals surface area contributed by atoms with E-state index in [2.05, 4.69) is 15.3 Å². The molecule has 3 rings (SSSR count). The van der Waals surface area contributed by atoms with E-state index in [9.17, 15) is 5.11 Å². The Bertz CT molecular complexity index is 618. The molecule has 0 spiro atoms. The van der Waals surface area contributed by atoms with Crippen molar-refractivity contribution in [2.24, 2.45) is 5.73 Å². The van der Waals surface area contributed by atoms with E-state index < -0.39 is 0 Å². The highest BCUT2D eigenvalue weighted by Crippen LogP contribution is 2.34. The van der Waals surface area contributed by atoms with Gasteiger partial charge in [0.05, 0.1) is 0 Å². The van der Waals surface area contributed by atoms with Crippen LogP contribution in [-0.4, -0.2) is 27.7 Å². The summed E-state index contributed by atoms with van der Waals surface area (Å²) in [6.45, 7) is 0.863. The van der Waals surface area contributed by atoms with Gasteiger partial charge < -0.3 is 16.2 Å². The number of hydrogen-bond donors (Lipinski definition) is 3. The van der Waals surface area contributed by atoms with Crippen LogP contribution < -0.4 is 11.1 Å². The summed E-state index contributed by atoms with van der Waals surface area (Å²) in [5, 5.41) is 12.6. The van der Waals surface area contributed by atoms with Crippen LogP contribution in [0.25, 0.3) is 0 Å². The second-order valence-corrected chi connectivity index (χ2v) is 5.95. The molecule has 0 unspecified atom stereocenters. The standard InChI is InChI=1S/C17H22N4O.2ClH/c18-14-8-13(9-14)16-10-17(21-11-20-16)19-7-1-2-12-3-5-15(22)6-4-12;;/h3-6,10-11,13-14,22H,1-2,7-9,18H2,(H,19,20,21);2*1H. The van der Waals surface area contributed by atoms with Gasteiger partial charge >= 0.3 is 0 Å². The molecule has 1 saturated carbocycles. The number of nitrogens with zero attached hydrogens (tertiary/aromatic N) is 2. The van der Waals surface area contributed by atoms with Gasteiger partial charge in [-0.25, -0.2) is 9.97 Å². The van der Waals surface area contributed by atoms with Gasteiger partial charge in [-0.05, 0) is 43.4 Å². The number of halogens is 2. The molecule has 1 aliphatic carbocycles. The van der Waals surface area contributed by atoms with Crippen molar-refractivity contribution in [1.82, 2.24) is 9.97 Å². The molecule has 1 aliphatic rings. The highest BCUT2D eigenvalue weighted by molar-refractivity contribution is 5.85. The molecular weight excluding hydrogens is 347 g/mol. The Kier molecular flexibility index (Phi) is 8.25. The second-order valence-electron chi connectivity index (χ2n) is 5.95. The predicted octanol–water partition coefficient (Wildman–Crippen LogP) is 3.28. The topological polar surface area (TPSA) is 84.1 Å². The van der Waals surface area contributed by atoms with Crippen molar-refractivity contribution < 1.29 is 5.11 Å². The number of aryl methyl sites for hydroxylation is 1. The Morgan fingerprint density at radius 2 is 1.83 bits per heavy atom. The number of rotatable bonds is 6.